The van der Waals surface area contributed by atoms with Crippen molar-refractivity contribution >= 4 is 11.2 Å². The van der Waals surface area contributed by atoms with E-state index in [0.29, 0.717) is 17.7 Å². The van der Waals surface area contributed by atoms with E-state index in [1.807, 2.05) is 6.92 Å². The van der Waals surface area contributed by atoms with E-state index in [-0.39, 0.29) is 17.4 Å². The SMILES string of the molecule is CCC.CCOC(CC)CCCCn1c(=O)c2c(ncn2C)n(C)c1=O. The predicted molar refractivity (Wildman–Crippen MR) is 106 cm³/mol. The monoisotopic (exact) mass is 366 g/mol. The Kier molecular flexibility index (Phi) is 9.34. The van der Waals surface area contributed by atoms with Crippen LogP contribution in [0.3, 0.4) is 0 Å². The first kappa shape index (κ1) is 22.2. The number of nitrogens with zero attached hydrogens (tertiary/aromatic N) is 4. The average Bonchev–Trinajstić information content (AvgIpc) is 3.00. The lowest BCUT2D eigenvalue weighted by Gasteiger charge is -2.14. The van der Waals surface area contributed by atoms with Gasteiger partial charge in [-0.2, -0.15) is 0 Å². The summed E-state index contributed by atoms with van der Waals surface area (Å²) < 4.78 is 10.0. The molecule has 2 aromatic heterocycles. The second-order valence-electron chi connectivity index (χ2n) is 6.51. The van der Waals surface area contributed by atoms with Crippen LogP contribution in [0.25, 0.3) is 11.2 Å². The van der Waals surface area contributed by atoms with Crippen molar-refractivity contribution in [1.29, 1.82) is 0 Å². The van der Waals surface area contributed by atoms with Crippen LogP contribution in [-0.4, -0.2) is 31.4 Å². The molecule has 0 aromatic carbocycles. The second kappa shape index (κ2) is 11.0. The molecule has 7 nitrogen and oxygen atoms in total. The smallest absolute Gasteiger partial charge is 0.332 e. The summed E-state index contributed by atoms with van der Waals surface area (Å²) in [6.07, 6.45) is 6.71. The highest BCUT2D eigenvalue weighted by Crippen LogP contribution is 2.09. The van der Waals surface area contributed by atoms with E-state index >= 15 is 0 Å². The third kappa shape index (κ3) is 5.30. The maximum atomic E-state index is 12.5. The van der Waals surface area contributed by atoms with E-state index in [0.717, 1.165) is 32.3 Å². The van der Waals surface area contributed by atoms with Gasteiger partial charge in [0.05, 0.1) is 12.4 Å². The number of rotatable bonds is 8. The van der Waals surface area contributed by atoms with Gasteiger partial charge in [-0.25, -0.2) is 9.78 Å². The van der Waals surface area contributed by atoms with Crippen molar-refractivity contribution in [2.45, 2.75) is 72.4 Å². The molecule has 0 spiro atoms. The minimum atomic E-state index is -0.307. The first-order valence-corrected chi connectivity index (χ1v) is 9.65. The van der Waals surface area contributed by atoms with Gasteiger partial charge in [0.15, 0.2) is 11.2 Å². The van der Waals surface area contributed by atoms with Crippen LogP contribution in [0, 0.1) is 0 Å². The van der Waals surface area contributed by atoms with Crippen LogP contribution in [0.4, 0.5) is 0 Å². The Balaban J connectivity index is 0.00000105. The molecule has 7 heteroatoms. The average molecular weight is 367 g/mol. The first-order valence-electron chi connectivity index (χ1n) is 9.65. The third-order valence-corrected chi connectivity index (χ3v) is 4.22. The standard InChI is InChI=1S/C16H26N4O3.C3H8/c1-5-12(23-6-2)9-7-8-10-20-15(21)13-14(17-11-18(13)3)19(4)16(20)22;1-3-2/h11-12H,5-10H2,1-4H3;3H2,1-2H3. The molecule has 148 valence electrons. The lowest BCUT2D eigenvalue weighted by molar-refractivity contribution is 0.0522. The molecule has 1 atom stereocenters. The molecule has 2 heterocycles. The number of ether oxygens (including phenoxy) is 1. The van der Waals surface area contributed by atoms with Gasteiger partial charge in [0, 0.05) is 27.2 Å². The summed E-state index contributed by atoms with van der Waals surface area (Å²) in [5.74, 6) is 0. The molecule has 0 N–H and O–H groups in total. The van der Waals surface area contributed by atoms with Crippen LogP contribution < -0.4 is 11.2 Å². The molecule has 2 rings (SSSR count). The van der Waals surface area contributed by atoms with E-state index < -0.39 is 0 Å². The van der Waals surface area contributed by atoms with E-state index in [2.05, 4.69) is 25.8 Å². The Morgan fingerprint density at radius 3 is 2.35 bits per heavy atom. The van der Waals surface area contributed by atoms with Crippen molar-refractivity contribution in [2.24, 2.45) is 14.1 Å². The molecule has 2 aromatic rings. The molecule has 26 heavy (non-hydrogen) atoms. The van der Waals surface area contributed by atoms with Crippen molar-refractivity contribution in [3.63, 3.8) is 0 Å². The van der Waals surface area contributed by atoms with Gasteiger partial charge in [0.1, 0.15) is 0 Å². The van der Waals surface area contributed by atoms with Crippen molar-refractivity contribution in [3.05, 3.63) is 27.2 Å². The Morgan fingerprint density at radius 1 is 1.12 bits per heavy atom. The number of unbranched alkanes of at least 4 members (excludes halogenated alkanes) is 1. The van der Waals surface area contributed by atoms with E-state index in [1.165, 1.54) is 15.6 Å². The Labute approximate surface area is 155 Å². The summed E-state index contributed by atoms with van der Waals surface area (Å²) in [6.45, 7) is 9.50. The first-order chi connectivity index (χ1) is 12.4. The van der Waals surface area contributed by atoms with Crippen LogP contribution in [0.15, 0.2) is 15.9 Å². The predicted octanol–water partition coefficient (Wildman–Crippen LogP) is 2.84. The quantitative estimate of drug-likeness (QED) is 0.674. The highest BCUT2D eigenvalue weighted by molar-refractivity contribution is 5.69. The highest BCUT2D eigenvalue weighted by Gasteiger charge is 2.14. The van der Waals surface area contributed by atoms with Crippen LogP contribution in [0.5, 0.6) is 0 Å². The molecule has 0 aliphatic rings. The molecule has 0 saturated heterocycles. The molecule has 1 unspecified atom stereocenters. The lowest BCUT2D eigenvalue weighted by Crippen LogP contribution is -2.39. The Morgan fingerprint density at radius 2 is 1.77 bits per heavy atom. The normalized spacial score (nSPS) is 12.1. The van der Waals surface area contributed by atoms with Crippen LogP contribution in [-0.2, 0) is 25.4 Å². The van der Waals surface area contributed by atoms with Crippen molar-refractivity contribution in [3.8, 4) is 0 Å². The third-order valence-electron chi connectivity index (χ3n) is 4.22. The summed E-state index contributed by atoms with van der Waals surface area (Å²) in [4.78, 5) is 29.0. The molecular weight excluding hydrogens is 332 g/mol. The van der Waals surface area contributed by atoms with Gasteiger partial charge in [-0.15, -0.1) is 0 Å². The molecule has 0 fully saturated rings. The molecule has 0 saturated carbocycles. The van der Waals surface area contributed by atoms with E-state index in [4.69, 9.17) is 4.74 Å². The van der Waals surface area contributed by atoms with E-state index in [9.17, 15) is 9.59 Å². The minimum absolute atomic E-state index is 0.263. The zero-order chi connectivity index (χ0) is 19.7. The van der Waals surface area contributed by atoms with Gasteiger partial charge in [-0.05, 0) is 32.6 Å². The van der Waals surface area contributed by atoms with Gasteiger partial charge < -0.3 is 9.30 Å². The zero-order valence-electron chi connectivity index (χ0n) is 17.1. The molecule has 0 aliphatic carbocycles. The molecule has 0 aliphatic heterocycles. The highest BCUT2D eigenvalue weighted by atomic mass is 16.5. The molecule has 0 amide bonds. The number of hydrogen-bond donors (Lipinski definition) is 0. The Hall–Kier alpha value is -1.89. The fourth-order valence-electron chi connectivity index (χ4n) is 2.88. The lowest BCUT2D eigenvalue weighted by atomic mass is 10.1. The number of aryl methyl sites for hydroxylation is 2. The summed E-state index contributed by atoms with van der Waals surface area (Å²) in [5, 5.41) is 0. The van der Waals surface area contributed by atoms with Gasteiger partial charge in [0.25, 0.3) is 5.56 Å². The van der Waals surface area contributed by atoms with Crippen LogP contribution >= 0.6 is 0 Å². The summed E-state index contributed by atoms with van der Waals surface area (Å²) in [6, 6.07) is 0. The summed E-state index contributed by atoms with van der Waals surface area (Å²) in [5.41, 5.74) is 0.326. The summed E-state index contributed by atoms with van der Waals surface area (Å²) in [7, 11) is 3.41. The van der Waals surface area contributed by atoms with Crippen molar-refractivity contribution in [1.82, 2.24) is 18.7 Å². The van der Waals surface area contributed by atoms with Crippen molar-refractivity contribution < 1.29 is 4.74 Å². The summed E-state index contributed by atoms with van der Waals surface area (Å²) >= 11 is 0. The second-order valence-corrected chi connectivity index (χ2v) is 6.51. The maximum Gasteiger partial charge on any atom is 0.332 e. The fourth-order valence-corrected chi connectivity index (χ4v) is 2.88. The number of hydrogen-bond acceptors (Lipinski definition) is 4. The number of fused-ring (bicyclic) bond motifs is 1. The number of aromatic nitrogens is 4. The zero-order valence-corrected chi connectivity index (χ0v) is 17.1. The minimum Gasteiger partial charge on any atom is -0.379 e. The maximum absolute atomic E-state index is 12.5. The van der Waals surface area contributed by atoms with Gasteiger partial charge >= 0.3 is 5.69 Å². The van der Waals surface area contributed by atoms with Gasteiger partial charge in [0.2, 0.25) is 0 Å². The molecular formula is C19H34N4O3. The van der Waals surface area contributed by atoms with Crippen LogP contribution in [0.2, 0.25) is 0 Å². The fraction of sp³-hybridized carbons (Fsp3) is 0.737. The molecule has 0 radical (unpaired) electrons. The Bertz CT molecular complexity index is 788. The molecule has 0 bridgehead atoms. The van der Waals surface area contributed by atoms with Crippen LogP contribution in [0.1, 0.15) is 59.8 Å². The topological polar surface area (TPSA) is 71.1 Å². The van der Waals surface area contributed by atoms with Gasteiger partial charge in [-0.3, -0.25) is 13.9 Å². The van der Waals surface area contributed by atoms with Crippen molar-refractivity contribution in [2.75, 3.05) is 6.61 Å². The van der Waals surface area contributed by atoms with E-state index in [1.54, 1.807) is 25.0 Å². The van der Waals surface area contributed by atoms with Gasteiger partial charge in [-0.1, -0.05) is 27.2 Å². The number of imidazole rings is 1. The largest absolute Gasteiger partial charge is 0.379 e.